The SMILES string of the molecule is CC(C)Cn1cc(CNCc2cnn(CC(F)F)c2)cn1.Cl. The lowest BCUT2D eigenvalue weighted by Crippen LogP contribution is -2.12. The number of rotatable bonds is 8. The molecule has 2 rings (SSSR count). The zero-order chi connectivity index (χ0) is 15.2. The molecule has 0 unspecified atom stereocenters. The maximum atomic E-state index is 12.2. The maximum Gasteiger partial charge on any atom is 0.257 e. The number of halogens is 3. The van der Waals surface area contributed by atoms with Crippen LogP contribution in [0.2, 0.25) is 0 Å². The van der Waals surface area contributed by atoms with Gasteiger partial charge in [-0.15, -0.1) is 12.4 Å². The molecule has 0 fully saturated rings. The molecule has 0 aliphatic rings. The van der Waals surface area contributed by atoms with E-state index in [1.54, 1.807) is 12.4 Å². The molecule has 0 saturated heterocycles. The number of aromatic nitrogens is 4. The van der Waals surface area contributed by atoms with Crippen LogP contribution in [0.25, 0.3) is 0 Å². The van der Waals surface area contributed by atoms with Gasteiger partial charge in [0.05, 0.1) is 12.4 Å². The van der Waals surface area contributed by atoms with Gasteiger partial charge in [-0.05, 0) is 5.92 Å². The number of hydrogen-bond acceptors (Lipinski definition) is 3. The molecule has 5 nitrogen and oxygen atoms in total. The average Bonchev–Trinajstić information content (AvgIpc) is 2.98. The van der Waals surface area contributed by atoms with Crippen LogP contribution in [-0.4, -0.2) is 26.0 Å². The first-order chi connectivity index (χ1) is 10.0. The Bertz CT molecular complexity index is 505. The minimum atomic E-state index is -2.38. The van der Waals surface area contributed by atoms with Gasteiger partial charge >= 0.3 is 0 Å². The third-order valence-corrected chi connectivity index (χ3v) is 2.91. The first-order valence-electron chi connectivity index (χ1n) is 7.04. The average molecular weight is 334 g/mol. The van der Waals surface area contributed by atoms with E-state index in [0.29, 0.717) is 19.0 Å². The number of nitrogens with zero attached hydrogens (tertiary/aromatic N) is 4. The van der Waals surface area contributed by atoms with Crippen LogP contribution >= 0.6 is 12.4 Å². The van der Waals surface area contributed by atoms with Crippen LogP contribution in [0.1, 0.15) is 25.0 Å². The van der Waals surface area contributed by atoms with E-state index in [9.17, 15) is 8.78 Å². The monoisotopic (exact) mass is 333 g/mol. The summed E-state index contributed by atoms with van der Waals surface area (Å²) in [6, 6.07) is 0. The summed E-state index contributed by atoms with van der Waals surface area (Å²) < 4.78 is 27.6. The van der Waals surface area contributed by atoms with Crippen LogP contribution < -0.4 is 5.32 Å². The van der Waals surface area contributed by atoms with Crippen molar-refractivity contribution < 1.29 is 8.78 Å². The van der Waals surface area contributed by atoms with E-state index in [-0.39, 0.29) is 19.0 Å². The van der Waals surface area contributed by atoms with Crippen molar-refractivity contribution in [2.75, 3.05) is 0 Å². The molecule has 0 aliphatic carbocycles. The maximum absolute atomic E-state index is 12.2. The predicted molar refractivity (Wildman–Crippen MR) is 83.1 cm³/mol. The van der Waals surface area contributed by atoms with E-state index >= 15 is 0 Å². The second-order valence-corrected chi connectivity index (χ2v) is 5.53. The molecular formula is C14H22ClF2N5. The molecule has 124 valence electrons. The zero-order valence-electron chi connectivity index (χ0n) is 12.7. The third-order valence-electron chi connectivity index (χ3n) is 2.91. The Morgan fingerprint density at radius 3 is 1.95 bits per heavy atom. The molecule has 0 spiro atoms. The molecule has 22 heavy (non-hydrogen) atoms. The molecule has 0 aromatic carbocycles. The minimum Gasteiger partial charge on any atom is -0.308 e. The highest BCUT2D eigenvalue weighted by Crippen LogP contribution is 2.04. The van der Waals surface area contributed by atoms with Crippen molar-refractivity contribution in [3.05, 3.63) is 35.9 Å². The van der Waals surface area contributed by atoms with E-state index in [0.717, 1.165) is 17.7 Å². The van der Waals surface area contributed by atoms with Crippen molar-refractivity contribution in [1.82, 2.24) is 24.9 Å². The Hall–Kier alpha value is -1.47. The van der Waals surface area contributed by atoms with E-state index < -0.39 is 6.43 Å². The lowest BCUT2D eigenvalue weighted by atomic mass is 10.2. The molecule has 0 radical (unpaired) electrons. The summed E-state index contributed by atoms with van der Waals surface area (Å²) in [5.74, 6) is 0.561. The Morgan fingerprint density at radius 2 is 1.50 bits per heavy atom. The fraction of sp³-hybridized carbons (Fsp3) is 0.571. The molecule has 0 saturated carbocycles. The lowest BCUT2D eigenvalue weighted by molar-refractivity contribution is 0.122. The normalized spacial score (nSPS) is 11.2. The summed E-state index contributed by atoms with van der Waals surface area (Å²) in [5.41, 5.74) is 2.00. The van der Waals surface area contributed by atoms with Crippen LogP contribution in [0.5, 0.6) is 0 Å². The largest absolute Gasteiger partial charge is 0.308 e. The third kappa shape index (κ3) is 6.11. The highest BCUT2D eigenvalue weighted by Gasteiger charge is 2.06. The van der Waals surface area contributed by atoms with E-state index in [4.69, 9.17) is 0 Å². The van der Waals surface area contributed by atoms with Crippen molar-refractivity contribution in [3.63, 3.8) is 0 Å². The van der Waals surface area contributed by atoms with Crippen LogP contribution in [0.3, 0.4) is 0 Å². The van der Waals surface area contributed by atoms with E-state index in [2.05, 4.69) is 29.4 Å². The van der Waals surface area contributed by atoms with Gasteiger partial charge in [-0.1, -0.05) is 13.8 Å². The molecule has 0 bridgehead atoms. The highest BCUT2D eigenvalue weighted by molar-refractivity contribution is 5.85. The highest BCUT2D eigenvalue weighted by atomic mass is 35.5. The Kier molecular flexibility index (Phi) is 7.47. The van der Waals surface area contributed by atoms with Crippen LogP contribution in [-0.2, 0) is 26.2 Å². The summed E-state index contributed by atoms with van der Waals surface area (Å²) in [7, 11) is 0. The molecule has 0 amide bonds. The van der Waals surface area contributed by atoms with Crippen LogP contribution in [0, 0.1) is 5.92 Å². The molecule has 0 aliphatic heterocycles. The molecule has 2 heterocycles. The molecule has 2 aromatic rings. The van der Waals surface area contributed by atoms with E-state index in [1.807, 2.05) is 17.1 Å². The van der Waals surface area contributed by atoms with Gasteiger partial charge in [-0.2, -0.15) is 10.2 Å². The second-order valence-electron chi connectivity index (χ2n) is 5.53. The minimum absolute atomic E-state index is 0. The second kappa shape index (κ2) is 8.85. The molecule has 8 heteroatoms. The number of alkyl halides is 2. The van der Waals surface area contributed by atoms with E-state index in [1.165, 1.54) is 4.68 Å². The molecule has 1 N–H and O–H groups in total. The van der Waals surface area contributed by atoms with Crippen LogP contribution in [0.4, 0.5) is 8.78 Å². The van der Waals surface area contributed by atoms with Gasteiger partial charge in [0.2, 0.25) is 0 Å². The topological polar surface area (TPSA) is 47.7 Å². The number of nitrogens with one attached hydrogen (secondary N) is 1. The Labute approximate surface area is 135 Å². The van der Waals surface area contributed by atoms with Gasteiger partial charge in [0.25, 0.3) is 6.43 Å². The van der Waals surface area contributed by atoms with Crippen molar-refractivity contribution in [2.45, 2.75) is 46.5 Å². The van der Waals surface area contributed by atoms with Gasteiger partial charge in [-0.3, -0.25) is 9.36 Å². The van der Waals surface area contributed by atoms with Gasteiger partial charge in [0.1, 0.15) is 6.54 Å². The first kappa shape index (κ1) is 18.6. The molecular weight excluding hydrogens is 312 g/mol. The quantitative estimate of drug-likeness (QED) is 0.808. The summed E-state index contributed by atoms with van der Waals surface area (Å²) >= 11 is 0. The zero-order valence-corrected chi connectivity index (χ0v) is 13.6. The standard InChI is InChI=1S/C14H21F2N5.ClH/c1-11(2)7-20-8-12(5-18-20)3-17-4-13-6-19-21(9-13)10-14(15)16;/h5-6,8-9,11,14,17H,3-4,7,10H2,1-2H3;1H. The van der Waals surface area contributed by atoms with Crippen LogP contribution in [0.15, 0.2) is 24.8 Å². The van der Waals surface area contributed by atoms with Gasteiger partial charge in [-0.25, -0.2) is 8.78 Å². The fourth-order valence-corrected chi connectivity index (χ4v) is 2.06. The summed E-state index contributed by atoms with van der Waals surface area (Å²) in [4.78, 5) is 0. The summed E-state index contributed by atoms with van der Waals surface area (Å²) in [5, 5.41) is 11.5. The van der Waals surface area contributed by atoms with Crippen molar-refractivity contribution >= 4 is 12.4 Å². The van der Waals surface area contributed by atoms with Gasteiger partial charge in [0.15, 0.2) is 0 Å². The summed E-state index contributed by atoms with van der Waals surface area (Å²) in [6.07, 6.45) is 4.74. The predicted octanol–water partition coefficient (Wildman–Crippen LogP) is 2.71. The first-order valence-corrected chi connectivity index (χ1v) is 7.04. The Morgan fingerprint density at radius 1 is 1.00 bits per heavy atom. The smallest absolute Gasteiger partial charge is 0.257 e. The number of hydrogen-bond donors (Lipinski definition) is 1. The van der Waals surface area contributed by atoms with Crippen molar-refractivity contribution in [1.29, 1.82) is 0 Å². The fourth-order valence-electron chi connectivity index (χ4n) is 2.06. The van der Waals surface area contributed by atoms with Gasteiger partial charge < -0.3 is 5.32 Å². The lowest BCUT2D eigenvalue weighted by Gasteiger charge is -2.03. The Balaban J connectivity index is 0.00000242. The summed E-state index contributed by atoms with van der Waals surface area (Å²) in [6.45, 7) is 6.13. The molecule has 0 atom stereocenters. The van der Waals surface area contributed by atoms with Crippen molar-refractivity contribution in [3.8, 4) is 0 Å². The molecule has 2 aromatic heterocycles. The van der Waals surface area contributed by atoms with Crippen molar-refractivity contribution in [2.24, 2.45) is 5.92 Å². The van der Waals surface area contributed by atoms with Gasteiger partial charge in [0, 0.05) is 43.2 Å².